The molecule has 1 heterocycles. The lowest BCUT2D eigenvalue weighted by Crippen LogP contribution is -2.25. The van der Waals surface area contributed by atoms with Gasteiger partial charge in [-0.25, -0.2) is 14.6 Å². The van der Waals surface area contributed by atoms with Crippen LogP contribution in [0.4, 0.5) is 0 Å². The van der Waals surface area contributed by atoms with E-state index in [1.807, 2.05) is 27.7 Å². The summed E-state index contributed by atoms with van der Waals surface area (Å²) in [7, 11) is 3.27. The van der Waals surface area contributed by atoms with Crippen molar-refractivity contribution in [3.05, 3.63) is 29.6 Å². The van der Waals surface area contributed by atoms with Crippen LogP contribution in [0.1, 0.15) is 61.5 Å². The topological polar surface area (TPSA) is 84.0 Å². The number of methoxy groups -OCH3 is 2. The molecule has 0 aliphatic heterocycles. The molecule has 0 bridgehead atoms. The third kappa shape index (κ3) is 7.94. The van der Waals surface area contributed by atoms with Crippen LogP contribution >= 0.6 is 0 Å². The Morgan fingerprint density at radius 3 is 1.57 bits per heavy atom. The summed E-state index contributed by atoms with van der Waals surface area (Å²) in [6, 6.07) is 4.64. The third-order valence-corrected chi connectivity index (χ3v) is 4.91. The van der Waals surface area contributed by atoms with Crippen molar-refractivity contribution in [1.82, 2.24) is 4.98 Å². The number of nitrogens with zero attached hydrogens (tertiary/aromatic N) is 1. The summed E-state index contributed by atoms with van der Waals surface area (Å²) in [5.41, 5.74) is 0.167. The van der Waals surface area contributed by atoms with Crippen molar-refractivity contribution >= 4 is 11.9 Å². The van der Waals surface area contributed by atoms with Crippen molar-refractivity contribution in [3.63, 3.8) is 0 Å². The van der Waals surface area contributed by atoms with E-state index in [2.05, 4.69) is 4.98 Å². The smallest absolute Gasteiger partial charge is 0.357 e. The SMILES string of the molecule is COCCC(C)C(C)OC(=O)c1cccc(C(=O)OC(C)C(C)CCOC)n1. The molecular weight excluding hydrogens is 362 g/mol. The number of carbonyl (C=O) groups excluding carboxylic acids is 2. The lowest BCUT2D eigenvalue weighted by molar-refractivity contribution is 0.0159. The number of pyridine rings is 1. The molecule has 1 rings (SSSR count). The zero-order valence-corrected chi connectivity index (χ0v) is 17.8. The van der Waals surface area contributed by atoms with Gasteiger partial charge in [-0.05, 0) is 50.7 Å². The van der Waals surface area contributed by atoms with Crippen LogP contribution < -0.4 is 0 Å². The van der Waals surface area contributed by atoms with Crippen LogP contribution in [0, 0.1) is 11.8 Å². The molecule has 0 saturated heterocycles. The Bertz CT molecular complexity index is 571. The zero-order valence-electron chi connectivity index (χ0n) is 17.8. The summed E-state index contributed by atoms with van der Waals surface area (Å²) >= 11 is 0. The van der Waals surface area contributed by atoms with Gasteiger partial charge >= 0.3 is 11.9 Å². The number of carbonyl (C=O) groups is 2. The van der Waals surface area contributed by atoms with E-state index in [-0.39, 0.29) is 35.4 Å². The van der Waals surface area contributed by atoms with E-state index in [0.717, 1.165) is 12.8 Å². The summed E-state index contributed by atoms with van der Waals surface area (Å²) in [6.45, 7) is 8.85. The molecule has 7 heteroatoms. The van der Waals surface area contributed by atoms with Crippen LogP contribution in [0.3, 0.4) is 0 Å². The number of aromatic nitrogens is 1. The fourth-order valence-electron chi connectivity index (χ4n) is 2.43. The first kappa shape index (κ1) is 24.0. The van der Waals surface area contributed by atoms with Crippen molar-refractivity contribution in [2.75, 3.05) is 27.4 Å². The number of esters is 2. The molecule has 1 aromatic heterocycles. The van der Waals surface area contributed by atoms with Gasteiger partial charge in [0.25, 0.3) is 0 Å². The molecule has 0 spiro atoms. The van der Waals surface area contributed by atoms with Crippen molar-refractivity contribution in [1.29, 1.82) is 0 Å². The molecule has 4 unspecified atom stereocenters. The molecule has 0 radical (unpaired) electrons. The monoisotopic (exact) mass is 395 g/mol. The Labute approximate surface area is 167 Å². The second-order valence-electron chi connectivity index (χ2n) is 7.15. The average Bonchev–Trinajstić information content (AvgIpc) is 2.69. The Kier molecular flexibility index (Phi) is 10.7. The predicted molar refractivity (Wildman–Crippen MR) is 105 cm³/mol. The molecule has 158 valence electrons. The third-order valence-electron chi connectivity index (χ3n) is 4.91. The molecule has 1 aromatic rings. The summed E-state index contributed by atoms with van der Waals surface area (Å²) in [6.07, 6.45) is 0.983. The minimum Gasteiger partial charge on any atom is -0.458 e. The Morgan fingerprint density at radius 1 is 0.821 bits per heavy atom. The molecule has 0 aliphatic rings. The van der Waals surface area contributed by atoms with E-state index in [1.54, 1.807) is 20.3 Å². The average molecular weight is 395 g/mol. The first-order valence-corrected chi connectivity index (χ1v) is 9.67. The minimum atomic E-state index is -0.562. The highest BCUT2D eigenvalue weighted by molar-refractivity contribution is 5.91. The van der Waals surface area contributed by atoms with E-state index in [9.17, 15) is 9.59 Å². The van der Waals surface area contributed by atoms with E-state index < -0.39 is 11.9 Å². The number of ether oxygens (including phenoxy) is 4. The number of hydrogen-bond donors (Lipinski definition) is 0. The first-order chi connectivity index (χ1) is 13.3. The summed E-state index contributed by atoms with van der Waals surface area (Å²) in [4.78, 5) is 28.9. The van der Waals surface area contributed by atoms with E-state index >= 15 is 0 Å². The first-order valence-electron chi connectivity index (χ1n) is 9.67. The molecule has 0 saturated carbocycles. The molecule has 0 aromatic carbocycles. The predicted octanol–water partition coefficient (Wildman–Crippen LogP) is 3.52. The van der Waals surface area contributed by atoms with Gasteiger partial charge in [-0.1, -0.05) is 19.9 Å². The van der Waals surface area contributed by atoms with Crippen LogP contribution in [0.2, 0.25) is 0 Å². The number of hydrogen-bond acceptors (Lipinski definition) is 7. The van der Waals surface area contributed by atoms with Crippen molar-refractivity contribution in [2.45, 2.75) is 52.7 Å². The quantitative estimate of drug-likeness (QED) is 0.501. The van der Waals surface area contributed by atoms with Gasteiger partial charge in [-0.15, -0.1) is 0 Å². The maximum atomic E-state index is 12.4. The standard InChI is InChI=1S/C21H33NO6/c1-14(10-12-25-5)16(3)27-20(23)18-8-7-9-19(22-18)21(24)28-17(4)15(2)11-13-26-6/h7-9,14-17H,10-13H2,1-6H3. The van der Waals surface area contributed by atoms with E-state index in [4.69, 9.17) is 18.9 Å². The normalized spacial score (nSPS) is 15.4. The minimum absolute atomic E-state index is 0.0836. The fraction of sp³-hybridized carbons (Fsp3) is 0.667. The van der Waals surface area contributed by atoms with Crippen LogP contribution in [-0.2, 0) is 18.9 Å². The highest BCUT2D eigenvalue weighted by Gasteiger charge is 2.22. The van der Waals surface area contributed by atoms with Crippen LogP contribution in [0.5, 0.6) is 0 Å². The second kappa shape index (κ2) is 12.5. The Hall–Kier alpha value is -1.99. The maximum absolute atomic E-state index is 12.4. The van der Waals surface area contributed by atoms with E-state index in [0.29, 0.717) is 13.2 Å². The molecule has 0 amide bonds. The molecule has 4 atom stereocenters. The van der Waals surface area contributed by atoms with Gasteiger partial charge in [0.1, 0.15) is 23.6 Å². The largest absolute Gasteiger partial charge is 0.458 e. The van der Waals surface area contributed by atoms with Crippen molar-refractivity contribution in [3.8, 4) is 0 Å². The summed E-state index contributed by atoms with van der Waals surface area (Å²) in [5, 5.41) is 0. The zero-order chi connectivity index (χ0) is 21.1. The van der Waals surface area contributed by atoms with Gasteiger partial charge in [-0.2, -0.15) is 0 Å². The number of rotatable bonds is 12. The van der Waals surface area contributed by atoms with Crippen LogP contribution in [0.25, 0.3) is 0 Å². The molecule has 7 nitrogen and oxygen atoms in total. The van der Waals surface area contributed by atoms with Gasteiger partial charge in [-0.3, -0.25) is 0 Å². The summed E-state index contributed by atoms with van der Waals surface area (Å²) < 4.78 is 21.0. The van der Waals surface area contributed by atoms with Gasteiger partial charge in [0.2, 0.25) is 0 Å². The summed E-state index contributed by atoms with van der Waals surface area (Å²) in [5.74, 6) is -0.834. The van der Waals surface area contributed by atoms with Gasteiger partial charge in [0.05, 0.1) is 0 Å². The molecule has 0 fully saturated rings. The fourth-order valence-corrected chi connectivity index (χ4v) is 2.43. The van der Waals surface area contributed by atoms with Crippen LogP contribution in [0.15, 0.2) is 18.2 Å². The Balaban J connectivity index is 2.69. The molecule has 0 aliphatic carbocycles. The van der Waals surface area contributed by atoms with E-state index in [1.165, 1.54) is 12.1 Å². The lowest BCUT2D eigenvalue weighted by Gasteiger charge is -2.20. The molecular formula is C21H33NO6. The maximum Gasteiger partial charge on any atom is 0.357 e. The second-order valence-corrected chi connectivity index (χ2v) is 7.15. The highest BCUT2D eigenvalue weighted by atomic mass is 16.5. The highest BCUT2D eigenvalue weighted by Crippen LogP contribution is 2.16. The van der Waals surface area contributed by atoms with Gasteiger partial charge in [0, 0.05) is 27.4 Å². The van der Waals surface area contributed by atoms with Gasteiger partial charge < -0.3 is 18.9 Å². The lowest BCUT2D eigenvalue weighted by atomic mass is 10.0. The Morgan fingerprint density at radius 2 is 1.21 bits per heavy atom. The van der Waals surface area contributed by atoms with Gasteiger partial charge in [0.15, 0.2) is 0 Å². The van der Waals surface area contributed by atoms with Crippen LogP contribution in [-0.4, -0.2) is 56.6 Å². The molecule has 0 N–H and O–H groups in total. The molecule has 28 heavy (non-hydrogen) atoms. The van der Waals surface area contributed by atoms with Crippen molar-refractivity contribution < 1.29 is 28.5 Å². The van der Waals surface area contributed by atoms with Crippen molar-refractivity contribution in [2.24, 2.45) is 11.8 Å².